The second-order valence-electron chi connectivity index (χ2n) is 3.93. The Balaban J connectivity index is 2.67. The number of carbonyl (C=O) groups is 3. The Morgan fingerprint density at radius 3 is 2.52 bits per heavy atom. The molecular formula is C13H16N2O6. The van der Waals surface area contributed by atoms with E-state index in [1.807, 2.05) is 0 Å². The summed E-state index contributed by atoms with van der Waals surface area (Å²) >= 11 is 0. The minimum Gasteiger partial charge on any atom is -0.495 e. The second-order valence-corrected chi connectivity index (χ2v) is 3.93. The molecule has 0 saturated carbocycles. The highest BCUT2D eigenvalue weighted by molar-refractivity contribution is 5.94. The number of anilines is 1. The van der Waals surface area contributed by atoms with Crippen LogP contribution in [0.3, 0.4) is 0 Å². The molecule has 0 atom stereocenters. The summed E-state index contributed by atoms with van der Waals surface area (Å²) in [4.78, 5) is 33.4. The predicted molar refractivity (Wildman–Crippen MR) is 73.6 cm³/mol. The van der Waals surface area contributed by atoms with Crippen LogP contribution in [0.5, 0.6) is 5.75 Å². The molecule has 0 bridgehead atoms. The van der Waals surface area contributed by atoms with E-state index < -0.39 is 18.0 Å². The Bertz CT molecular complexity index is 543. The lowest BCUT2D eigenvalue weighted by Gasteiger charge is -2.11. The molecule has 2 amide bonds. The van der Waals surface area contributed by atoms with Gasteiger partial charge in [0.25, 0.3) is 0 Å². The Morgan fingerprint density at radius 1 is 1.24 bits per heavy atom. The molecule has 0 spiro atoms. The number of rotatable bonds is 6. The van der Waals surface area contributed by atoms with E-state index in [2.05, 4.69) is 15.4 Å². The van der Waals surface area contributed by atoms with Gasteiger partial charge in [0.05, 0.1) is 31.9 Å². The van der Waals surface area contributed by atoms with Crippen molar-refractivity contribution in [1.82, 2.24) is 5.32 Å². The molecule has 0 saturated heterocycles. The van der Waals surface area contributed by atoms with E-state index in [9.17, 15) is 14.4 Å². The fourth-order valence-corrected chi connectivity index (χ4v) is 1.49. The number of hydrogen-bond donors (Lipinski definition) is 3. The van der Waals surface area contributed by atoms with E-state index in [-0.39, 0.29) is 24.2 Å². The van der Waals surface area contributed by atoms with Crippen LogP contribution in [0, 0.1) is 0 Å². The highest BCUT2D eigenvalue weighted by Gasteiger charge is 2.11. The topological polar surface area (TPSA) is 114 Å². The van der Waals surface area contributed by atoms with Gasteiger partial charge >= 0.3 is 18.0 Å². The third-order valence-electron chi connectivity index (χ3n) is 2.54. The molecule has 1 aromatic carbocycles. The number of esters is 1. The molecular weight excluding hydrogens is 280 g/mol. The first-order chi connectivity index (χ1) is 9.97. The average Bonchev–Trinajstić information content (AvgIpc) is 2.46. The molecule has 0 aromatic heterocycles. The van der Waals surface area contributed by atoms with Gasteiger partial charge in [0.2, 0.25) is 0 Å². The number of urea groups is 1. The standard InChI is InChI=1S/C13H16N2O6/c1-20-10-4-3-8(12(17)18)7-9(10)15-13(19)14-6-5-11(16)21-2/h3-4,7H,5-6H2,1-2H3,(H,17,18)(H2,14,15,19). The Morgan fingerprint density at radius 2 is 1.95 bits per heavy atom. The molecule has 8 heteroatoms. The van der Waals surface area contributed by atoms with Crippen LogP contribution in [0.15, 0.2) is 18.2 Å². The number of ether oxygens (including phenoxy) is 2. The highest BCUT2D eigenvalue weighted by Crippen LogP contribution is 2.25. The summed E-state index contributed by atoms with van der Waals surface area (Å²) in [5, 5.41) is 13.8. The van der Waals surface area contributed by atoms with Crippen LogP contribution in [0.1, 0.15) is 16.8 Å². The predicted octanol–water partition coefficient (Wildman–Crippen LogP) is 1.08. The van der Waals surface area contributed by atoms with Crippen molar-refractivity contribution in [3.05, 3.63) is 23.8 Å². The van der Waals surface area contributed by atoms with E-state index in [0.717, 1.165) is 0 Å². The molecule has 21 heavy (non-hydrogen) atoms. The molecule has 0 aliphatic heterocycles. The van der Waals surface area contributed by atoms with Crippen LogP contribution >= 0.6 is 0 Å². The summed E-state index contributed by atoms with van der Waals surface area (Å²) in [5.74, 6) is -1.24. The lowest BCUT2D eigenvalue weighted by molar-refractivity contribution is -0.140. The third-order valence-corrected chi connectivity index (χ3v) is 2.54. The van der Waals surface area contributed by atoms with E-state index >= 15 is 0 Å². The normalized spacial score (nSPS) is 9.62. The summed E-state index contributed by atoms with van der Waals surface area (Å²) < 4.78 is 9.46. The fraction of sp³-hybridized carbons (Fsp3) is 0.308. The SMILES string of the molecule is COC(=O)CCNC(=O)Nc1cc(C(=O)O)ccc1OC. The van der Waals surface area contributed by atoms with Gasteiger partial charge in [-0.2, -0.15) is 0 Å². The number of hydrogen-bond acceptors (Lipinski definition) is 5. The number of aromatic carboxylic acids is 1. The summed E-state index contributed by atoms with van der Waals surface area (Å²) in [6.07, 6.45) is 0.0379. The number of carbonyl (C=O) groups excluding carboxylic acids is 2. The molecule has 0 heterocycles. The van der Waals surface area contributed by atoms with Gasteiger partial charge in [0.1, 0.15) is 5.75 Å². The lowest BCUT2D eigenvalue weighted by Crippen LogP contribution is -2.31. The summed E-state index contributed by atoms with van der Waals surface area (Å²) in [7, 11) is 2.65. The van der Waals surface area contributed by atoms with Gasteiger partial charge in [-0.3, -0.25) is 4.79 Å². The van der Waals surface area contributed by atoms with Crippen molar-refractivity contribution in [2.45, 2.75) is 6.42 Å². The van der Waals surface area contributed by atoms with E-state index in [1.54, 1.807) is 0 Å². The molecule has 0 aliphatic carbocycles. The van der Waals surface area contributed by atoms with Crippen LogP contribution < -0.4 is 15.4 Å². The number of benzene rings is 1. The highest BCUT2D eigenvalue weighted by atomic mass is 16.5. The molecule has 114 valence electrons. The van der Waals surface area contributed by atoms with Crippen molar-refractivity contribution in [1.29, 1.82) is 0 Å². The quantitative estimate of drug-likeness (QED) is 0.677. The zero-order valence-corrected chi connectivity index (χ0v) is 11.6. The second kappa shape index (κ2) is 7.73. The van der Waals surface area contributed by atoms with Crippen molar-refractivity contribution in [2.75, 3.05) is 26.1 Å². The number of nitrogens with one attached hydrogen (secondary N) is 2. The molecule has 1 rings (SSSR count). The first kappa shape index (κ1) is 16.3. The molecule has 1 aromatic rings. The van der Waals surface area contributed by atoms with Crippen molar-refractivity contribution in [2.24, 2.45) is 0 Å². The van der Waals surface area contributed by atoms with Crippen molar-refractivity contribution in [3.63, 3.8) is 0 Å². The van der Waals surface area contributed by atoms with Crippen molar-refractivity contribution >= 4 is 23.7 Å². The summed E-state index contributed by atoms with van der Waals surface area (Å²) in [6, 6.07) is 3.50. The molecule has 0 unspecified atom stereocenters. The zero-order chi connectivity index (χ0) is 15.8. The first-order valence-electron chi connectivity index (χ1n) is 6.01. The Labute approximate surface area is 121 Å². The smallest absolute Gasteiger partial charge is 0.335 e. The van der Waals surface area contributed by atoms with Crippen molar-refractivity contribution < 1.29 is 29.0 Å². The summed E-state index contributed by atoms with van der Waals surface area (Å²) in [6.45, 7) is 0.0967. The van der Waals surface area contributed by atoms with Gasteiger partial charge in [0, 0.05) is 6.54 Å². The maximum Gasteiger partial charge on any atom is 0.335 e. The zero-order valence-electron chi connectivity index (χ0n) is 11.6. The van der Waals surface area contributed by atoms with Crippen LogP contribution in [0.25, 0.3) is 0 Å². The number of amides is 2. The lowest BCUT2D eigenvalue weighted by atomic mass is 10.2. The Hall–Kier alpha value is -2.77. The van der Waals surface area contributed by atoms with E-state index in [4.69, 9.17) is 9.84 Å². The van der Waals surface area contributed by atoms with Gasteiger partial charge in [0.15, 0.2) is 0 Å². The maximum absolute atomic E-state index is 11.7. The minimum atomic E-state index is -1.12. The third kappa shape index (κ3) is 5.01. The minimum absolute atomic E-state index is 0.0145. The number of methoxy groups -OCH3 is 2. The average molecular weight is 296 g/mol. The van der Waals surface area contributed by atoms with Gasteiger partial charge in [-0.1, -0.05) is 0 Å². The van der Waals surface area contributed by atoms with Gasteiger partial charge in [-0.25, -0.2) is 9.59 Å². The number of carboxylic acids is 1. The van der Waals surface area contributed by atoms with E-state index in [1.165, 1.54) is 32.4 Å². The fourth-order valence-electron chi connectivity index (χ4n) is 1.49. The van der Waals surface area contributed by atoms with Crippen LogP contribution in [0.2, 0.25) is 0 Å². The first-order valence-corrected chi connectivity index (χ1v) is 6.01. The Kier molecular flexibility index (Phi) is 5.99. The van der Waals surface area contributed by atoms with E-state index in [0.29, 0.717) is 5.75 Å². The molecule has 3 N–H and O–H groups in total. The van der Waals surface area contributed by atoms with Gasteiger partial charge in [-0.05, 0) is 18.2 Å². The van der Waals surface area contributed by atoms with Crippen LogP contribution in [-0.2, 0) is 9.53 Å². The summed E-state index contributed by atoms with van der Waals surface area (Å²) in [5.41, 5.74) is 0.230. The van der Waals surface area contributed by atoms with Crippen LogP contribution in [0.4, 0.5) is 10.5 Å². The van der Waals surface area contributed by atoms with Crippen LogP contribution in [-0.4, -0.2) is 43.8 Å². The molecule has 8 nitrogen and oxygen atoms in total. The molecule has 0 fully saturated rings. The molecule has 0 radical (unpaired) electrons. The van der Waals surface area contributed by atoms with Gasteiger partial charge < -0.3 is 25.2 Å². The maximum atomic E-state index is 11.7. The monoisotopic (exact) mass is 296 g/mol. The largest absolute Gasteiger partial charge is 0.495 e. The number of carboxylic acid groups (broad SMARTS) is 1. The van der Waals surface area contributed by atoms with Gasteiger partial charge in [-0.15, -0.1) is 0 Å². The van der Waals surface area contributed by atoms with Crippen molar-refractivity contribution in [3.8, 4) is 5.75 Å². The molecule has 0 aliphatic rings.